The molecule has 0 aliphatic carbocycles. The highest BCUT2D eigenvalue weighted by Crippen LogP contribution is 2.34. The highest BCUT2D eigenvalue weighted by Gasteiger charge is 2.35. The predicted octanol–water partition coefficient (Wildman–Crippen LogP) is 4.42. The minimum absolute atomic E-state index is 0.0389. The molecule has 2 aromatic carbocycles. The second-order valence-electron chi connectivity index (χ2n) is 6.29. The zero-order valence-corrected chi connectivity index (χ0v) is 15.2. The maximum atomic E-state index is 13.3. The molecule has 2 heterocycles. The van der Waals surface area contributed by atoms with Crippen molar-refractivity contribution in [2.24, 2.45) is 0 Å². The van der Waals surface area contributed by atoms with Gasteiger partial charge in [-0.15, -0.1) is 0 Å². The fraction of sp³-hybridized carbons (Fsp3) is 0.136. The van der Waals surface area contributed by atoms with Crippen LogP contribution in [0, 0.1) is 0 Å². The van der Waals surface area contributed by atoms with Crippen LogP contribution in [-0.4, -0.2) is 26.2 Å². The SMILES string of the molecule is COc1ccc(N2C(=O)c3ccccc3N(C)[C@H]2/C=C\c2ccco2)cc1. The van der Waals surface area contributed by atoms with Gasteiger partial charge in [-0.1, -0.05) is 12.1 Å². The summed E-state index contributed by atoms with van der Waals surface area (Å²) in [6, 6.07) is 18.9. The van der Waals surface area contributed by atoms with Crippen molar-refractivity contribution in [1.29, 1.82) is 0 Å². The maximum absolute atomic E-state index is 13.3. The first-order valence-electron chi connectivity index (χ1n) is 8.70. The van der Waals surface area contributed by atoms with Gasteiger partial charge in [0.05, 0.1) is 24.6 Å². The van der Waals surface area contributed by atoms with E-state index in [0.29, 0.717) is 5.56 Å². The molecular weight excluding hydrogens is 340 g/mol. The van der Waals surface area contributed by atoms with Crippen molar-refractivity contribution in [2.75, 3.05) is 24.0 Å². The molecule has 136 valence electrons. The van der Waals surface area contributed by atoms with E-state index in [2.05, 4.69) is 4.90 Å². The van der Waals surface area contributed by atoms with Gasteiger partial charge in [-0.05, 0) is 60.7 Å². The molecule has 0 bridgehead atoms. The minimum atomic E-state index is -0.286. The lowest BCUT2D eigenvalue weighted by Gasteiger charge is -2.42. The highest BCUT2D eigenvalue weighted by molar-refractivity contribution is 6.12. The summed E-state index contributed by atoms with van der Waals surface area (Å²) < 4.78 is 10.6. The lowest BCUT2D eigenvalue weighted by Crippen LogP contribution is -2.53. The Morgan fingerprint density at radius 3 is 2.52 bits per heavy atom. The van der Waals surface area contributed by atoms with Gasteiger partial charge in [-0.3, -0.25) is 9.69 Å². The molecule has 0 unspecified atom stereocenters. The van der Waals surface area contributed by atoms with Crippen molar-refractivity contribution < 1.29 is 13.9 Å². The van der Waals surface area contributed by atoms with E-state index in [1.807, 2.05) is 79.9 Å². The second-order valence-corrected chi connectivity index (χ2v) is 6.29. The first kappa shape index (κ1) is 17.0. The van der Waals surface area contributed by atoms with Gasteiger partial charge in [-0.2, -0.15) is 0 Å². The molecule has 0 N–H and O–H groups in total. The third kappa shape index (κ3) is 3.08. The van der Waals surface area contributed by atoms with Crippen LogP contribution in [0.1, 0.15) is 16.1 Å². The molecule has 0 saturated carbocycles. The van der Waals surface area contributed by atoms with Crippen LogP contribution in [-0.2, 0) is 0 Å². The number of hydrogen-bond acceptors (Lipinski definition) is 4. The molecule has 0 spiro atoms. The number of nitrogens with zero attached hydrogens (tertiary/aromatic N) is 2. The van der Waals surface area contributed by atoms with Gasteiger partial charge in [0.1, 0.15) is 17.7 Å². The van der Waals surface area contributed by atoms with Crippen LogP contribution in [0.25, 0.3) is 6.08 Å². The average molecular weight is 360 g/mol. The number of para-hydroxylation sites is 1. The van der Waals surface area contributed by atoms with E-state index in [1.54, 1.807) is 18.3 Å². The molecule has 3 aromatic rings. The van der Waals surface area contributed by atoms with Gasteiger partial charge in [0.25, 0.3) is 5.91 Å². The Balaban J connectivity index is 1.79. The Morgan fingerprint density at radius 2 is 1.81 bits per heavy atom. The summed E-state index contributed by atoms with van der Waals surface area (Å²) in [5.41, 5.74) is 2.39. The van der Waals surface area contributed by atoms with Crippen molar-refractivity contribution >= 4 is 23.4 Å². The summed E-state index contributed by atoms with van der Waals surface area (Å²) in [5, 5.41) is 0. The van der Waals surface area contributed by atoms with E-state index in [9.17, 15) is 4.79 Å². The molecule has 1 amide bonds. The molecule has 1 aliphatic heterocycles. The van der Waals surface area contributed by atoms with E-state index < -0.39 is 0 Å². The highest BCUT2D eigenvalue weighted by atomic mass is 16.5. The van der Waals surface area contributed by atoms with E-state index in [1.165, 1.54) is 0 Å². The van der Waals surface area contributed by atoms with Gasteiger partial charge in [0, 0.05) is 12.7 Å². The Hall–Kier alpha value is -3.47. The molecule has 1 atom stereocenters. The molecule has 4 rings (SSSR count). The quantitative estimate of drug-likeness (QED) is 0.691. The van der Waals surface area contributed by atoms with Crippen LogP contribution >= 0.6 is 0 Å². The van der Waals surface area contributed by atoms with Crippen molar-refractivity contribution in [1.82, 2.24) is 0 Å². The number of methoxy groups -OCH3 is 1. The van der Waals surface area contributed by atoms with Gasteiger partial charge in [-0.25, -0.2) is 0 Å². The molecule has 5 heteroatoms. The molecule has 5 nitrogen and oxygen atoms in total. The average Bonchev–Trinajstić information content (AvgIpc) is 3.23. The zero-order chi connectivity index (χ0) is 18.8. The van der Waals surface area contributed by atoms with Crippen LogP contribution in [0.15, 0.2) is 77.4 Å². The van der Waals surface area contributed by atoms with Crippen molar-refractivity contribution in [3.63, 3.8) is 0 Å². The maximum Gasteiger partial charge on any atom is 0.262 e. The van der Waals surface area contributed by atoms with Gasteiger partial charge >= 0.3 is 0 Å². The Morgan fingerprint density at radius 1 is 1.04 bits per heavy atom. The lowest BCUT2D eigenvalue weighted by molar-refractivity contribution is 0.0975. The molecule has 1 aliphatic rings. The Bertz CT molecular complexity index is 961. The van der Waals surface area contributed by atoms with E-state index in [-0.39, 0.29) is 12.1 Å². The largest absolute Gasteiger partial charge is 0.497 e. The summed E-state index contributed by atoms with van der Waals surface area (Å²) in [6.07, 6.45) is 5.20. The van der Waals surface area contributed by atoms with Crippen LogP contribution in [0.3, 0.4) is 0 Å². The molecule has 27 heavy (non-hydrogen) atoms. The second kappa shape index (κ2) is 7.03. The first-order valence-corrected chi connectivity index (χ1v) is 8.70. The minimum Gasteiger partial charge on any atom is -0.497 e. The number of carbonyl (C=O) groups excluding carboxylic acids is 1. The van der Waals surface area contributed by atoms with Crippen LogP contribution in [0.2, 0.25) is 0 Å². The van der Waals surface area contributed by atoms with Crippen molar-refractivity contribution in [2.45, 2.75) is 6.17 Å². The number of fused-ring (bicyclic) bond motifs is 1. The topological polar surface area (TPSA) is 45.9 Å². The van der Waals surface area contributed by atoms with Crippen LogP contribution < -0.4 is 14.5 Å². The van der Waals surface area contributed by atoms with Crippen LogP contribution in [0.5, 0.6) is 5.75 Å². The summed E-state index contributed by atoms with van der Waals surface area (Å²) in [4.78, 5) is 17.2. The fourth-order valence-electron chi connectivity index (χ4n) is 3.32. The van der Waals surface area contributed by atoms with E-state index in [4.69, 9.17) is 9.15 Å². The third-order valence-corrected chi connectivity index (χ3v) is 4.72. The number of furan rings is 1. The summed E-state index contributed by atoms with van der Waals surface area (Å²) in [6.45, 7) is 0. The standard InChI is InChI=1S/C22H20N2O3/c1-23-20-8-4-3-7-19(20)22(25)24(16-9-11-17(26-2)12-10-16)21(23)14-13-18-6-5-15-27-18/h3-15,21H,1-2H3/b14-13-/t21-/m1/s1. The molecule has 0 saturated heterocycles. The lowest BCUT2D eigenvalue weighted by atomic mass is 10.0. The van der Waals surface area contributed by atoms with Crippen molar-refractivity contribution in [3.05, 3.63) is 84.3 Å². The zero-order valence-electron chi connectivity index (χ0n) is 15.2. The van der Waals surface area contributed by atoms with Gasteiger partial charge < -0.3 is 14.1 Å². The number of ether oxygens (including phenoxy) is 1. The third-order valence-electron chi connectivity index (χ3n) is 4.72. The Kier molecular flexibility index (Phi) is 4.42. The van der Waals surface area contributed by atoms with Gasteiger partial charge in [0.2, 0.25) is 0 Å². The number of anilines is 2. The number of rotatable bonds is 4. The summed E-state index contributed by atoms with van der Waals surface area (Å²) in [7, 11) is 3.61. The fourth-order valence-corrected chi connectivity index (χ4v) is 3.32. The normalized spacial score (nSPS) is 16.7. The number of carbonyl (C=O) groups is 1. The monoisotopic (exact) mass is 360 g/mol. The summed E-state index contributed by atoms with van der Waals surface area (Å²) >= 11 is 0. The number of likely N-dealkylation sites (N-methyl/N-ethyl adjacent to an activating group) is 1. The Labute approximate surface area is 158 Å². The number of amides is 1. The van der Waals surface area contributed by atoms with Crippen LogP contribution in [0.4, 0.5) is 11.4 Å². The number of benzene rings is 2. The van der Waals surface area contributed by atoms with Gasteiger partial charge in [0.15, 0.2) is 0 Å². The molecule has 0 radical (unpaired) electrons. The smallest absolute Gasteiger partial charge is 0.262 e. The summed E-state index contributed by atoms with van der Waals surface area (Å²) in [5.74, 6) is 1.45. The molecule has 1 aromatic heterocycles. The first-order chi connectivity index (χ1) is 13.2. The molecule has 0 fully saturated rings. The molecular formula is C22H20N2O3. The number of hydrogen-bond donors (Lipinski definition) is 0. The predicted molar refractivity (Wildman–Crippen MR) is 106 cm³/mol. The van der Waals surface area contributed by atoms with E-state index in [0.717, 1.165) is 22.9 Å². The van der Waals surface area contributed by atoms with E-state index >= 15 is 0 Å². The van der Waals surface area contributed by atoms with Crippen molar-refractivity contribution in [3.8, 4) is 5.75 Å².